The van der Waals surface area contributed by atoms with E-state index in [2.05, 4.69) is 4.72 Å². The van der Waals surface area contributed by atoms with E-state index in [1.807, 2.05) is 0 Å². The molecule has 0 spiro atoms. The summed E-state index contributed by atoms with van der Waals surface area (Å²) in [6, 6.07) is 9.61. The molecule has 0 atom stereocenters. The van der Waals surface area contributed by atoms with Crippen LogP contribution in [0.1, 0.15) is 22.8 Å². The maximum absolute atomic E-state index is 13.3. The molecule has 0 amide bonds. The van der Waals surface area contributed by atoms with Crippen molar-refractivity contribution in [1.82, 2.24) is 0 Å². The lowest BCUT2D eigenvalue weighted by Gasteiger charge is -2.09. The third-order valence-corrected chi connectivity index (χ3v) is 4.22. The Bertz CT molecular complexity index is 780. The van der Waals surface area contributed by atoms with Crippen LogP contribution in [-0.2, 0) is 10.0 Å². The lowest BCUT2D eigenvalue weighted by atomic mass is 10.2. The van der Waals surface area contributed by atoms with E-state index in [1.165, 1.54) is 43.3 Å². The van der Waals surface area contributed by atoms with Gasteiger partial charge in [0, 0.05) is 5.56 Å². The number of hydrogen-bond acceptors (Lipinski definition) is 3. The van der Waals surface area contributed by atoms with Gasteiger partial charge in [-0.1, -0.05) is 12.1 Å². The van der Waals surface area contributed by atoms with Crippen molar-refractivity contribution in [1.29, 1.82) is 0 Å². The van der Waals surface area contributed by atoms with Crippen LogP contribution in [0, 0.1) is 12.7 Å². The fraction of sp³-hybridized carbons (Fsp3) is 0.133. The minimum Gasteiger partial charge on any atom is -0.295 e. The molecule has 4 nitrogen and oxygen atoms in total. The molecule has 0 bridgehead atoms. The highest BCUT2D eigenvalue weighted by Gasteiger charge is 2.16. The molecule has 0 aliphatic heterocycles. The van der Waals surface area contributed by atoms with Gasteiger partial charge in [-0.2, -0.15) is 0 Å². The van der Waals surface area contributed by atoms with Gasteiger partial charge in [0.05, 0.1) is 10.6 Å². The number of benzene rings is 2. The molecule has 6 heteroatoms. The molecule has 21 heavy (non-hydrogen) atoms. The zero-order valence-electron chi connectivity index (χ0n) is 11.6. The quantitative estimate of drug-likeness (QED) is 0.883. The van der Waals surface area contributed by atoms with E-state index < -0.39 is 15.8 Å². The molecule has 0 radical (unpaired) electrons. The summed E-state index contributed by atoms with van der Waals surface area (Å²) in [7, 11) is -3.87. The maximum Gasteiger partial charge on any atom is 0.261 e. The minimum absolute atomic E-state index is 0.0443. The number of anilines is 1. The molecule has 0 saturated carbocycles. The second kappa shape index (κ2) is 5.65. The smallest absolute Gasteiger partial charge is 0.261 e. The first-order chi connectivity index (χ1) is 9.78. The lowest BCUT2D eigenvalue weighted by Crippen LogP contribution is -2.13. The zero-order chi connectivity index (χ0) is 15.6. The number of carbonyl (C=O) groups is 1. The molecule has 0 fully saturated rings. The van der Waals surface area contributed by atoms with Crippen LogP contribution in [0.15, 0.2) is 47.4 Å². The minimum atomic E-state index is -3.87. The topological polar surface area (TPSA) is 63.2 Å². The summed E-state index contributed by atoms with van der Waals surface area (Å²) >= 11 is 0. The number of carbonyl (C=O) groups excluding carboxylic acids is 1. The highest BCUT2D eigenvalue weighted by Crippen LogP contribution is 2.19. The standard InChI is InChI=1S/C15H14FNO3S/c1-10-6-13(16)9-14(7-10)17-21(19,20)15-5-3-4-12(8-15)11(2)18/h3-9,17H,1-2H3. The van der Waals surface area contributed by atoms with Crippen molar-refractivity contribution in [2.75, 3.05) is 4.72 Å². The molecule has 0 heterocycles. The fourth-order valence-corrected chi connectivity index (χ4v) is 2.98. The van der Waals surface area contributed by atoms with Gasteiger partial charge in [0.15, 0.2) is 5.78 Å². The van der Waals surface area contributed by atoms with Gasteiger partial charge >= 0.3 is 0 Å². The Morgan fingerprint density at radius 2 is 1.86 bits per heavy atom. The predicted molar refractivity (Wildman–Crippen MR) is 78.4 cm³/mol. The number of Topliss-reactive ketones (excluding diaryl/α,β-unsaturated/α-hetero) is 1. The molecule has 2 aromatic rings. The molecule has 2 rings (SSSR count). The van der Waals surface area contributed by atoms with Gasteiger partial charge in [0.2, 0.25) is 0 Å². The van der Waals surface area contributed by atoms with E-state index >= 15 is 0 Å². The molecule has 0 aromatic heterocycles. The Hall–Kier alpha value is -2.21. The van der Waals surface area contributed by atoms with E-state index in [1.54, 1.807) is 6.92 Å². The summed E-state index contributed by atoms with van der Waals surface area (Å²) in [6.07, 6.45) is 0. The third-order valence-electron chi connectivity index (χ3n) is 2.85. The highest BCUT2D eigenvalue weighted by atomic mass is 32.2. The molecule has 0 saturated heterocycles. The van der Waals surface area contributed by atoms with E-state index in [9.17, 15) is 17.6 Å². The number of hydrogen-bond donors (Lipinski definition) is 1. The van der Waals surface area contributed by atoms with E-state index in [0.717, 1.165) is 6.07 Å². The van der Waals surface area contributed by atoms with Crippen LogP contribution in [0.5, 0.6) is 0 Å². The first-order valence-electron chi connectivity index (χ1n) is 6.19. The summed E-state index contributed by atoms with van der Waals surface area (Å²) in [5.74, 6) is -0.751. The highest BCUT2D eigenvalue weighted by molar-refractivity contribution is 7.92. The van der Waals surface area contributed by atoms with Crippen LogP contribution in [0.2, 0.25) is 0 Å². The molecular weight excluding hydrogens is 293 g/mol. The van der Waals surface area contributed by atoms with Crippen molar-refractivity contribution >= 4 is 21.5 Å². The largest absolute Gasteiger partial charge is 0.295 e. The van der Waals surface area contributed by atoms with Crippen molar-refractivity contribution in [2.24, 2.45) is 0 Å². The van der Waals surface area contributed by atoms with Gasteiger partial charge in [0.1, 0.15) is 5.82 Å². The number of nitrogens with one attached hydrogen (secondary N) is 1. The molecule has 2 aromatic carbocycles. The van der Waals surface area contributed by atoms with Crippen LogP contribution < -0.4 is 4.72 Å². The van der Waals surface area contributed by atoms with Crippen LogP contribution in [0.3, 0.4) is 0 Å². The fourth-order valence-electron chi connectivity index (χ4n) is 1.89. The summed E-state index contributed by atoms with van der Waals surface area (Å²) in [4.78, 5) is 11.3. The first kappa shape index (κ1) is 15.2. The van der Waals surface area contributed by atoms with Gasteiger partial charge in [-0.3, -0.25) is 9.52 Å². The molecule has 0 unspecified atom stereocenters. The summed E-state index contributed by atoms with van der Waals surface area (Å²) in [6.45, 7) is 3.02. The van der Waals surface area contributed by atoms with Crippen molar-refractivity contribution in [3.8, 4) is 0 Å². The zero-order valence-corrected chi connectivity index (χ0v) is 12.4. The second-order valence-electron chi connectivity index (χ2n) is 4.71. The Labute approximate surface area is 122 Å². The number of aryl methyl sites for hydroxylation is 1. The van der Waals surface area contributed by atoms with Crippen LogP contribution >= 0.6 is 0 Å². The van der Waals surface area contributed by atoms with E-state index in [-0.39, 0.29) is 16.4 Å². The number of halogens is 1. The van der Waals surface area contributed by atoms with Crippen LogP contribution in [-0.4, -0.2) is 14.2 Å². The van der Waals surface area contributed by atoms with E-state index in [4.69, 9.17) is 0 Å². The average molecular weight is 307 g/mol. The normalized spacial score (nSPS) is 11.2. The van der Waals surface area contributed by atoms with E-state index in [0.29, 0.717) is 11.1 Å². The summed E-state index contributed by atoms with van der Waals surface area (Å²) in [5.41, 5.74) is 1.04. The first-order valence-corrected chi connectivity index (χ1v) is 7.67. The summed E-state index contributed by atoms with van der Waals surface area (Å²) in [5, 5.41) is 0. The molecule has 0 aliphatic carbocycles. The predicted octanol–water partition coefficient (Wildman–Crippen LogP) is 3.14. The maximum atomic E-state index is 13.3. The molecule has 1 N–H and O–H groups in total. The Kier molecular flexibility index (Phi) is 4.09. The van der Waals surface area contributed by atoms with Gasteiger partial charge < -0.3 is 0 Å². The van der Waals surface area contributed by atoms with Crippen LogP contribution in [0.25, 0.3) is 0 Å². The van der Waals surface area contributed by atoms with Crippen molar-refractivity contribution < 1.29 is 17.6 Å². The van der Waals surface area contributed by atoms with Gasteiger partial charge in [0.25, 0.3) is 10.0 Å². The van der Waals surface area contributed by atoms with Crippen LogP contribution in [0.4, 0.5) is 10.1 Å². The number of sulfonamides is 1. The van der Waals surface area contributed by atoms with Gasteiger partial charge in [-0.15, -0.1) is 0 Å². The van der Waals surface area contributed by atoms with Gasteiger partial charge in [-0.05, 0) is 49.7 Å². The Morgan fingerprint density at radius 1 is 1.14 bits per heavy atom. The van der Waals surface area contributed by atoms with Crippen molar-refractivity contribution in [3.63, 3.8) is 0 Å². The lowest BCUT2D eigenvalue weighted by molar-refractivity contribution is 0.101. The van der Waals surface area contributed by atoms with Crippen molar-refractivity contribution in [2.45, 2.75) is 18.7 Å². The Balaban J connectivity index is 2.38. The average Bonchev–Trinajstić information content (AvgIpc) is 2.37. The van der Waals surface area contributed by atoms with Crippen molar-refractivity contribution in [3.05, 3.63) is 59.4 Å². The van der Waals surface area contributed by atoms with Gasteiger partial charge in [-0.25, -0.2) is 12.8 Å². The molecular formula is C15H14FNO3S. The summed E-state index contributed by atoms with van der Waals surface area (Å²) < 4.78 is 40.1. The Morgan fingerprint density at radius 3 is 2.48 bits per heavy atom. The third kappa shape index (κ3) is 3.66. The SMILES string of the molecule is CC(=O)c1cccc(S(=O)(=O)Nc2cc(C)cc(F)c2)c1. The second-order valence-corrected chi connectivity index (χ2v) is 6.39. The monoisotopic (exact) mass is 307 g/mol. The number of ketones is 1. The number of rotatable bonds is 4. The molecule has 0 aliphatic rings. The molecule has 110 valence electrons.